The summed E-state index contributed by atoms with van der Waals surface area (Å²) >= 11 is 6.79. The molecule has 10 heteroatoms. The van der Waals surface area contributed by atoms with Crippen LogP contribution in [0.25, 0.3) is 10.9 Å². The summed E-state index contributed by atoms with van der Waals surface area (Å²) in [5.74, 6) is 0.354. The summed E-state index contributed by atoms with van der Waals surface area (Å²) in [5.41, 5.74) is 3.49. The van der Waals surface area contributed by atoms with Crippen molar-refractivity contribution in [2.75, 3.05) is 10.6 Å². The zero-order chi connectivity index (χ0) is 26.1. The van der Waals surface area contributed by atoms with Crippen LogP contribution < -0.4 is 10.6 Å². The molecule has 0 spiro atoms. The second-order valence-electron chi connectivity index (χ2n) is 11.1. The number of benzene rings is 2. The van der Waals surface area contributed by atoms with E-state index in [-0.39, 0.29) is 11.4 Å². The Balaban J connectivity index is 1.34. The molecule has 4 aromatic rings. The molecule has 2 N–H and O–H groups in total. The standard InChI is InChI=1S/C28H26BClFN7/c29-28(18-3-5-19(31)6-4-18,24-15-38(37-36-24)21-7-8-21)34-20-11-22-25(35-27(9-10-27)17-1-2-17)16(13-32)14-33-26(22)23(30)12-20/h3-6,11-12,14-15,17,21,34H,1-2,7-10,29H2,(H,33,35). The minimum Gasteiger partial charge on any atom is -0.378 e. The molecule has 1 atom stereocenters. The fourth-order valence-electron chi connectivity index (χ4n) is 5.59. The average molecular weight is 526 g/mol. The summed E-state index contributed by atoms with van der Waals surface area (Å²) in [5, 5.41) is 27.5. The van der Waals surface area contributed by atoms with Crippen molar-refractivity contribution in [3.8, 4) is 6.07 Å². The molecule has 0 bridgehead atoms. The van der Waals surface area contributed by atoms with Gasteiger partial charge >= 0.3 is 0 Å². The summed E-state index contributed by atoms with van der Waals surface area (Å²) in [6, 6.07) is 13.0. The van der Waals surface area contributed by atoms with Gasteiger partial charge in [0.05, 0.1) is 39.5 Å². The molecular formula is C28H26BClFN7. The Labute approximate surface area is 225 Å². The lowest BCUT2D eigenvalue weighted by atomic mass is 9.69. The predicted octanol–water partition coefficient (Wildman–Crippen LogP) is 5.13. The van der Waals surface area contributed by atoms with Crippen molar-refractivity contribution in [1.82, 2.24) is 20.0 Å². The highest BCUT2D eigenvalue weighted by molar-refractivity contribution is 6.36. The molecule has 2 heterocycles. The van der Waals surface area contributed by atoms with Crippen molar-refractivity contribution in [2.24, 2.45) is 5.92 Å². The van der Waals surface area contributed by atoms with Gasteiger partial charge in [-0.15, -0.1) is 5.10 Å². The molecule has 1 unspecified atom stereocenters. The highest BCUT2D eigenvalue weighted by atomic mass is 35.5. The molecule has 7 rings (SSSR count). The van der Waals surface area contributed by atoms with Crippen LogP contribution in [0.15, 0.2) is 48.8 Å². The van der Waals surface area contributed by atoms with Crippen LogP contribution in [-0.4, -0.2) is 33.4 Å². The number of nitriles is 1. The summed E-state index contributed by atoms with van der Waals surface area (Å²) in [6.07, 6.45) is 10.4. The van der Waals surface area contributed by atoms with Crippen molar-refractivity contribution in [1.29, 1.82) is 5.26 Å². The lowest BCUT2D eigenvalue weighted by Crippen LogP contribution is -2.37. The Bertz CT molecular complexity index is 1600. The maximum Gasteiger partial charge on any atom is 0.148 e. The number of nitrogens with one attached hydrogen (secondary N) is 2. The normalized spacial score (nSPS) is 19.5. The van der Waals surface area contributed by atoms with Gasteiger partial charge < -0.3 is 10.6 Å². The lowest BCUT2D eigenvalue weighted by Gasteiger charge is -2.31. The largest absolute Gasteiger partial charge is 0.378 e. The first-order chi connectivity index (χ1) is 18.4. The van der Waals surface area contributed by atoms with Crippen LogP contribution >= 0.6 is 11.6 Å². The van der Waals surface area contributed by atoms with Gasteiger partial charge in [-0.1, -0.05) is 28.9 Å². The van der Waals surface area contributed by atoms with Gasteiger partial charge in [0.15, 0.2) is 0 Å². The van der Waals surface area contributed by atoms with E-state index in [9.17, 15) is 9.65 Å². The Kier molecular flexibility index (Phi) is 5.21. The first-order valence-corrected chi connectivity index (χ1v) is 13.5. The van der Waals surface area contributed by atoms with Gasteiger partial charge in [-0.25, -0.2) is 9.07 Å². The zero-order valence-electron chi connectivity index (χ0n) is 21.0. The molecule has 0 radical (unpaired) electrons. The topological polar surface area (TPSA) is 91.5 Å². The summed E-state index contributed by atoms with van der Waals surface area (Å²) < 4.78 is 15.8. The second-order valence-corrected chi connectivity index (χ2v) is 11.5. The van der Waals surface area contributed by atoms with Crippen molar-refractivity contribution < 1.29 is 4.39 Å². The number of anilines is 2. The van der Waals surface area contributed by atoms with Crippen molar-refractivity contribution in [2.45, 2.75) is 55.5 Å². The number of rotatable bonds is 8. The highest BCUT2D eigenvalue weighted by Crippen LogP contribution is 2.56. The molecule has 0 aliphatic heterocycles. The Morgan fingerprint density at radius 1 is 1.16 bits per heavy atom. The Morgan fingerprint density at radius 2 is 1.92 bits per heavy atom. The van der Waals surface area contributed by atoms with Crippen LogP contribution in [0.3, 0.4) is 0 Å². The van der Waals surface area contributed by atoms with E-state index in [0.717, 1.165) is 53.7 Å². The number of nitrogens with zero attached hydrogens (tertiary/aromatic N) is 5. The van der Waals surface area contributed by atoms with Gasteiger partial charge in [0.1, 0.15) is 25.4 Å². The monoisotopic (exact) mass is 525 g/mol. The Hall–Kier alpha value is -3.64. The van der Waals surface area contributed by atoms with E-state index in [2.05, 4.69) is 32.0 Å². The molecule has 3 aliphatic rings. The van der Waals surface area contributed by atoms with E-state index in [1.165, 1.54) is 25.0 Å². The van der Waals surface area contributed by atoms with E-state index in [1.54, 1.807) is 18.3 Å². The highest BCUT2D eigenvalue weighted by Gasteiger charge is 2.54. The van der Waals surface area contributed by atoms with Crippen LogP contribution in [0.4, 0.5) is 15.8 Å². The average Bonchev–Trinajstić information content (AvgIpc) is 3.77. The van der Waals surface area contributed by atoms with E-state index >= 15 is 0 Å². The van der Waals surface area contributed by atoms with Crippen LogP contribution in [0.1, 0.15) is 61.4 Å². The number of hydrogen-bond donors (Lipinski definition) is 2. The van der Waals surface area contributed by atoms with E-state index < -0.39 is 5.44 Å². The summed E-state index contributed by atoms with van der Waals surface area (Å²) in [4.78, 5) is 4.53. The van der Waals surface area contributed by atoms with Gasteiger partial charge in [0, 0.05) is 22.8 Å². The molecule has 7 nitrogen and oxygen atoms in total. The fraction of sp³-hybridized carbons (Fsp3) is 0.357. The van der Waals surface area contributed by atoms with Crippen LogP contribution in [-0.2, 0) is 5.44 Å². The smallest absolute Gasteiger partial charge is 0.148 e. The first-order valence-electron chi connectivity index (χ1n) is 13.2. The summed E-state index contributed by atoms with van der Waals surface area (Å²) in [7, 11) is 2.01. The molecule has 190 valence electrons. The maximum absolute atomic E-state index is 13.9. The quantitative estimate of drug-likeness (QED) is 0.310. The van der Waals surface area contributed by atoms with E-state index in [4.69, 9.17) is 11.6 Å². The second kappa shape index (κ2) is 8.44. The maximum atomic E-state index is 13.9. The van der Waals surface area contributed by atoms with Crippen molar-refractivity contribution in [3.05, 3.63) is 76.5 Å². The Morgan fingerprint density at radius 3 is 2.58 bits per heavy atom. The molecule has 38 heavy (non-hydrogen) atoms. The van der Waals surface area contributed by atoms with Gasteiger partial charge in [0.25, 0.3) is 0 Å². The third kappa shape index (κ3) is 3.99. The van der Waals surface area contributed by atoms with Crippen LogP contribution in [0.5, 0.6) is 0 Å². The minimum absolute atomic E-state index is 0.0692. The molecular weight excluding hydrogens is 500 g/mol. The molecule has 0 amide bonds. The molecule has 3 saturated carbocycles. The molecule has 2 aromatic heterocycles. The predicted molar refractivity (Wildman–Crippen MR) is 147 cm³/mol. The van der Waals surface area contributed by atoms with Gasteiger partial charge in [-0.3, -0.25) is 4.98 Å². The van der Waals surface area contributed by atoms with Crippen LogP contribution in [0.2, 0.25) is 5.02 Å². The third-order valence-corrected chi connectivity index (χ3v) is 8.61. The number of fused-ring (bicyclic) bond motifs is 1. The van der Waals surface area contributed by atoms with Gasteiger partial charge in [0.2, 0.25) is 0 Å². The fourth-order valence-corrected chi connectivity index (χ4v) is 5.85. The number of halogens is 2. The van der Waals surface area contributed by atoms with E-state index in [0.29, 0.717) is 28.1 Å². The SMILES string of the molecule is BC(Nc1cc(Cl)c2ncc(C#N)c(NC3(C4CC4)CC3)c2c1)(c1ccc(F)cc1)c1cn(C2CC2)nn1. The van der Waals surface area contributed by atoms with Gasteiger partial charge in [-0.2, -0.15) is 5.26 Å². The molecule has 3 fully saturated rings. The summed E-state index contributed by atoms with van der Waals surface area (Å²) in [6.45, 7) is 0. The molecule has 2 aromatic carbocycles. The third-order valence-electron chi connectivity index (χ3n) is 8.33. The number of pyridine rings is 1. The number of hydrogen-bond acceptors (Lipinski definition) is 6. The zero-order valence-corrected chi connectivity index (χ0v) is 21.8. The van der Waals surface area contributed by atoms with Crippen LogP contribution in [0, 0.1) is 23.1 Å². The molecule has 3 aliphatic carbocycles. The van der Waals surface area contributed by atoms with Crippen molar-refractivity contribution >= 4 is 41.7 Å². The first kappa shape index (κ1) is 23.5. The van der Waals surface area contributed by atoms with E-state index in [1.807, 2.05) is 30.9 Å². The van der Waals surface area contributed by atoms with Crippen molar-refractivity contribution in [3.63, 3.8) is 0 Å². The lowest BCUT2D eigenvalue weighted by molar-refractivity contribution is 0.610. The minimum atomic E-state index is -0.822. The molecule has 0 saturated heterocycles. The van der Waals surface area contributed by atoms with Gasteiger partial charge in [-0.05, 0) is 74.3 Å². The number of aromatic nitrogens is 4.